The highest BCUT2D eigenvalue weighted by Crippen LogP contribution is 2.31. The molecule has 0 saturated heterocycles. The topological polar surface area (TPSA) is 94.3 Å². The fraction of sp³-hybridized carbons (Fsp3) is 0.500. The molecule has 2 aromatic rings. The van der Waals surface area contributed by atoms with Crippen molar-refractivity contribution in [1.29, 1.82) is 0 Å². The number of nitrogens with zero attached hydrogens (tertiary/aromatic N) is 2. The first kappa shape index (κ1) is 18.4. The minimum atomic E-state index is -3.59. The molecule has 1 aromatic carbocycles. The molecule has 0 aliphatic heterocycles. The van der Waals surface area contributed by atoms with Crippen molar-refractivity contribution in [3.8, 4) is 17.2 Å². The van der Waals surface area contributed by atoms with Crippen molar-refractivity contribution in [3.05, 3.63) is 24.0 Å². The Morgan fingerprint density at radius 3 is 2.71 bits per heavy atom. The molecule has 1 aromatic heterocycles. The average Bonchev–Trinajstić information content (AvgIpc) is 3.03. The molecule has 0 radical (unpaired) electrons. The van der Waals surface area contributed by atoms with Gasteiger partial charge in [0, 0.05) is 13.0 Å². The van der Waals surface area contributed by atoms with Gasteiger partial charge in [0.1, 0.15) is 5.75 Å². The third-order valence-corrected chi connectivity index (χ3v) is 4.93. The zero-order chi connectivity index (χ0) is 17.6. The van der Waals surface area contributed by atoms with Gasteiger partial charge in [0.2, 0.25) is 10.0 Å². The largest absolute Gasteiger partial charge is 0.496 e. The summed E-state index contributed by atoms with van der Waals surface area (Å²) in [5.74, 6) is 1.32. The molecule has 0 aliphatic rings. The average molecular weight is 353 g/mol. The number of nitrogens with one attached hydrogen (secondary N) is 1. The maximum Gasteiger partial charge on any atom is 0.261 e. The van der Waals surface area contributed by atoms with E-state index in [-0.39, 0.29) is 10.8 Å². The van der Waals surface area contributed by atoms with Gasteiger partial charge in [0.05, 0.1) is 17.6 Å². The minimum absolute atomic E-state index is 0.143. The summed E-state index contributed by atoms with van der Waals surface area (Å²) < 4.78 is 37.9. The molecule has 0 spiro atoms. The van der Waals surface area contributed by atoms with E-state index in [4.69, 9.17) is 9.26 Å². The minimum Gasteiger partial charge on any atom is -0.496 e. The van der Waals surface area contributed by atoms with Crippen LogP contribution in [-0.4, -0.2) is 32.2 Å². The predicted molar refractivity (Wildman–Crippen MR) is 90.4 cm³/mol. The van der Waals surface area contributed by atoms with Crippen molar-refractivity contribution in [2.45, 2.75) is 44.4 Å². The molecule has 8 heteroatoms. The second-order valence-corrected chi connectivity index (χ2v) is 7.15. The van der Waals surface area contributed by atoms with Gasteiger partial charge in [0.25, 0.3) is 5.89 Å². The summed E-state index contributed by atoms with van der Waals surface area (Å²) in [6, 6.07) is 4.59. The number of benzene rings is 1. The molecular weight excluding hydrogens is 330 g/mol. The van der Waals surface area contributed by atoms with Crippen LogP contribution in [0.5, 0.6) is 5.75 Å². The number of aryl methyl sites for hydroxylation is 1. The summed E-state index contributed by atoms with van der Waals surface area (Å²) in [6.45, 7) is 4.43. The fourth-order valence-electron chi connectivity index (χ4n) is 2.18. The van der Waals surface area contributed by atoms with Crippen LogP contribution < -0.4 is 9.46 Å². The van der Waals surface area contributed by atoms with Crippen LogP contribution in [0.3, 0.4) is 0 Å². The lowest BCUT2D eigenvalue weighted by molar-refractivity contribution is 0.402. The highest BCUT2D eigenvalue weighted by atomic mass is 32.2. The summed E-state index contributed by atoms with van der Waals surface area (Å²) in [7, 11) is -2.08. The SMILES string of the molecule is CCCCNS(=O)(=O)c1ccc(OC)c(-c2nc(CCC)no2)c1. The van der Waals surface area contributed by atoms with Crippen molar-refractivity contribution >= 4 is 10.0 Å². The number of ether oxygens (including phenoxy) is 1. The molecule has 1 N–H and O–H groups in total. The third-order valence-electron chi connectivity index (χ3n) is 3.48. The molecule has 0 bridgehead atoms. The molecule has 0 unspecified atom stereocenters. The van der Waals surface area contributed by atoms with Crippen LogP contribution in [0.25, 0.3) is 11.5 Å². The summed E-state index contributed by atoms with van der Waals surface area (Å²) in [5.41, 5.74) is 0.464. The molecule has 0 amide bonds. The zero-order valence-corrected chi connectivity index (χ0v) is 15.0. The van der Waals surface area contributed by atoms with Gasteiger partial charge in [-0.1, -0.05) is 25.4 Å². The van der Waals surface area contributed by atoms with E-state index < -0.39 is 10.0 Å². The van der Waals surface area contributed by atoms with Crippen molar-refractivity contribution in [2.24, 2.45) is 0 Å². The van der Waals surface area contributed by atoms with E-state index in [2.05, 4.69) is 14.9 Å². The molecule has 7 nitrogen and oxygen atoms in total. The van der Waals surface area contributed by atoms with Gasteiger partial charge in [-0.05, 0) is 31.0 Å². The van der Waals surface area contributed by atoms with Gasteiger partial charge in [-0.3, -0.25) is 0 Å². The first-order valence-electron chi connectivity index (χ1n) is 8.02. The van der Waals surface area contributed by atoms with E-state index in [9.17, 15) is 8.42 Å². The highest BCUT2D eigenvalue weighted by Gasteiger charge is 2.20. The van der Waals surface area contributed by atoms with Crippen LogP contribution in [0.1, 0.15) is 38.9 Å². The number of hydrogen-bond donors (Lipinski definition) is 1. The van der Waals surface area contributed by atoms with E-state index >= 15 is 0 Å². The van der Waals surface area contributed by atoms with E-state index in [0.29, 0.717) is 30.1 Å². The Hall–Kier alpha value is -1.93. The van der Waals surface area contributed by atoms with Crippen molar-refractivity contribution in [3.63, 3.8) is 0 Å². The van der Waals surface area contributed by atoms with E-state index in [1.807, 2.05) is 13.8 Å². The van der Waals surface area contributed by atoms with Gasteiger partial charge >= 0.3 is 0 Å². The Balaban J connectivity index is 2.36. The maximum absolute atomic E-state index is 12.4. The number of sulfonamides is 1. The van der Waals surface area contributed by atoms with Crippen LogP contribution in [-0.2, 0) is 16.4 Å². The second kappa shape index (κ2) is 8.25. The van der Waals surface area contributed by atoms with Crippen molar-refractivity contribution < 1.29 is 17.7 Å². The molecule has 1 heterocycles. The Morgan fingerprint density at radius 2 is 2.04 bits per heavy atom. The second-order valence-electron chi connectivity index (χ2n) is 5.38. The van der Waals surface area contributed by atoms with Crippen LogP contribution in [0, 0.1) is 0 Å². The standard InChI is InChI=1S/C16H23N3O4S/c1-4-6-10-17-24(20,21)12-8-9-14(22-3)13(11-12)16-18-15(7-5-2)19-23-16/h8-9,11,17H,4-7,10H2,1-3H3. The normalized spacial score (nSPS) is 11.6. The van der Waals surface area contributed by atoms with Gasteiger partial charge in [-0.25, -0.2) is 13.1 Å². The molecule has 2 rings (SSSR count). The summed E-state index contributed by atoms with van der Waals surface area (Å²) in [4.78, 5) is 4.45. The van der Waals surface area contributed by atoms with Crippen molar-refractivity contribution in [1.82, 2.24) is 14.9 Å². The maximum atomic E-state index is 12.4. The zero-order valence-electron chi connectivity index (χ0n) is 14.2. The lowest BCUT2D eigenvalue weighted by Crippen LogP contribution is -2.24. The van der Waals surface area contributed by atoms with Crippen LogP contribution in [0.2, 0.25) is 0 Å². The smallest absolute Gasteiger partial charge is 0.261 e. The Bertz CT molecular complexity index is 771. The highest BCUT2D eigenvalue weighted by molar-refractivity contribution is 7.89. The Kier molecular flexibility index (Phi) is 6.33. The first-order chi connectivity index (χ1) is 11.5. The van der Waals surface area contributed by atoms with Crippen LogP contribution >= 0.6 is 0 Å². The molecule has 0 atom stereocenters. The van der Waals surface area contributed by atoms with Crippen molar-refractivity contribution in [2.75, 3.05) is 13.7 Å². The molecular formula is C16H23N3O4S. The molecule has 132 valence electrons. The molecule has 0 aliphatic carbocycles. The van der Waals surface area contributed by atoms with E-state index in [0.717, 1.165) is 19.3 Å². The van der Waals surface area contributed by atoms with Gasteiger partial charge in [-0.2, -0.15) is 4.98 Å². The summed E-state index contributed by atoms with van der Waals surface area (Å²) >= 11 is 0. The summed E-state index contributed by atoms with van der Waals surface area (Å²) in [6.07, 6.45) is 3.29. The third kappa shape index (κ3) is 4.33. The summed E-state index contributed by atoms with van der Waals surface area (Å²) in [5, 5.41) is 3.90. The number of methoxy groups -OCH3 is 1. The fourth-order valence-corrected chi connectivity index (χ4v) is 3.28. The van der Waals surface area contributed by atoms with Gasteiger partial charge in [0.15, 0.2) is 5.82 Å². The molecule has 0 fully saturated rings. The quantitative estimate of drug-likeness (QED) is 0.697. The Morgan fingerprint density at radius 1 is 1.25 bits per heavy atom. The van der Waals surface area contributed by atoms with E-state index in [1.165, 1.54) is 19.2 Å². The lowest BCUT2D eigenvalue weighted by Gasteiger charge is -2.09. The number of unbranched alkanes of at least 4 members (excludes halogenated alkanes) is 1. The lowest BCUT2D eigenvalue weighted by atomic mass is 10.2. The number of aromatic nitrogens is 2. The van der Waals surface area contributed by atoms with Crippen LogP contribution in [0.15, 0.2) is 27.6 Å². The van der Waals surface area contributed by atoms with E-state index in [1.54, 1.807) is 6.07 Å². The predicted octanol–water partition coefficient (Wildman–Crippen LogP) is 2.78. The molecule has 24 heavy (non-hydrogen) atoms. The van der Waals surface area contributed by atoms with Gasteiger partial charge in [-0.15, -0.1) is 0 Å². The monoisotopic (exact) mass is 353 g/mol. The van der Waals surface area contributed by atoms with Gasteiger partial charge < -0.3 is 9.26 Å². The number of rotatable bonds is 9. The number of hydrogen-bond acceptors (Lipinski definition) is 6. The first-order valence-corrected chi connectivity index (χ1v) is 9.50. The van der Waals surface area contributed by atoms with Crippen LogP contribution in [0.4, 0.5) is 0 Å². The Labute approximate surface area is 142 Å². The molecule has 0 saturated carbocycles.